The third-order valence-electron chi connectivity index (χ3n) is 2.84. The summed E-state index contributed by atoms with van der Waals surface area (Å²) in [7, 11) is 0. The second-order valence-corrected chi connectivity index (χ2v) is 6.34. The molecule has 1 aromatic heterocycles. The summed E-state index contributed by atoms with van der Waals surface area (Å²) in [5.41, 5.74) is 2.61. The normalized spacial score (nSPS) is 11.0. The molecule has 1 heterocycles. The maximum absolute atomic E-state index is 4.33. The second-order valence-electron chi connectivity index (χ2n) is 5.28. The maximum Gasteiger partial charge on any atom is 0.119 e. The van der Waals surface area contributed by atoms with Gasteiger partial charge in [0.15, 0.2) is 0 Å². The van der Waals surface area contributed by atoms with Gasteiger partial charge < -0.3 is 5.32 Å². The van der Waals surface area contributed by atoms with Crippen molar-refractivity contribution in [3.63, 3.8) is 0 Å². The van der Waals surface area contributed by atoms with E-state index in [1.165, 1.54) is 16.0 Å². The molecule has 0 spiro atoms. The number of nitrogens with one attached hydrogen (secondary N) is 1. The highest BCUT2D eigenvalue weighted by Crippen LogP contribution is 2.29. The third kappa shape index (κ3) is 4.62. The van der Waals surface area contributed by atoms with Crippen LogP contribution in [0.1, 0.15) is 25.0 Å². The zero-order chi connectivity index (χ0) is 14.4. The van der Waals surface area contributed by atoms with Gasteiger partial charge in [-0.15, -0.1) is 0 Å². The molecule has 106 valence electrons. The van der Waals surface area contributed by atoms with Crippen LogP contribution in [-0.4, -0.2) is 16.5 Å². The van der Waals surface area contributed by atoms with Crippen molar-refractivity contribution in [1.29, 1.82) is 0 Å². The molecule has 0 bridgehead atoms. The van der Waals surface area contributed by atoms with Crippen LogP contribution in [0.5, 0.6) is 0 Å². The highest BCUT2D eigenvalue weighted by molar-refractivity contribution is 7.99. The van der Waals surface area contributed by atoms with Crippen LogP contribution in [-0.2, 0) is 6.54 Å². The van der Waals surface area contributed by atoms with Crippen molar-refractivity contribution >= 4 is 11.8 Å². The van der Waals surface area contributed by atoms with Gasteiger partial charge in [-0.25, -0.2) is 4.98 Å². The molecule has 0 atom stereocenters. The molecule has 0 aliphatic carbocycles. The Labute approximate surface area is 125 Å². The second kappa shape index (κ2) is 7.41. The lowest BCUT2D eigenvalue weighted by Crippen LogP contribution is -2.19. The Balaban J connectivity index is 2.11. The predicted molar refractivity (Wildman–Crippen MR) is 83.9 cm³/mol. The first-order valence-corrected chi connectivity index (χ1v) is 7.71. The van der Waals surface area contributed by atoms with E-state index in [-0.39, 0.29) is 0 Å². The van der Waals surface area contributed by atoms with Crippen molar-refractivity contribution in [3.8, 4) is 0 Å². The number of hydrogen-bond acceptors (Lipinski definition) is 4. The molecule has 2 rings (SSSR count). The Bertz CT molecular complexity index is 541. The summed E-state index contributed by atoms with van der Waals surface area (Å²) in [6.45, 7) is 8.49. The zero-order valence-electron chi connectivity index (χ0n) is 12.3. The highest BCUT2D eigenvalue weighted by Gasteiger charge is 2.06. The van der Waals surface area contributed by atoms with Gasteiger partial charge in [0.25, 0.3) is 0 Å². The first-order valence-electron chi connectivity index (χ1n) is 6.89. The molecule has 4 heteroatoms. The number of hydrogen-bond donors (Lipinski definition) is 1. The van der Waals surface area contributed by atoms with Crippen LogP contribution in [0.15, 0.2) is 46.7 Å². The summed E-state index contributed by atoms with van der Waals surface area (Å²) in [5, 5.41) is 4.44. The van der Waals surface area contributed by atoms with E-state index in [0.717, 1.165) is 18.1 Å². The van der Waals surface area contributed by atoms with Gasteiger partial charge in [-0.05, 0) is 31.0 Å². The van der Waals surface area contributed by atoms with E-state index in [0.29, 0.717) is 5.92 Å². The largest absolute Gasteiger partial charge is 0.312 e. The van der Waals surface area contributed by atoms with Gasteiger partial charge in [-0.2, -0.15) is 0 Å². The molecular weight excluding hydrogens is 266 g/mol. The fourth-order valence-corrected chi connectivity index (χ4v) is 2.74. The number of aromatic nitrogens is 2. The lowest BCUT2D eigenvalue weighted by Gasteiger charge is -2.12. The summed E-state index contributed by atoms with van der Waals surface area (Å²) >= 11 is 1.67. The van der Waals surface area contributed by atoms with E-state index in [1.54, 1.807) is 30.4 Å². The molecule has 1 aromatic carbocycles. The van der Waals surface area contributed by atoms with E-state index < -0.39 is 0 Å². The Morgan fingerprint density at radius 3 is 2.80 bits per heavy atom. The zero-order valence-corrected chi connectivity index (χ0v) is 13.1. The monoisotopic (exact) mass is 287 g/mol. The van der Waals surface area contributed by atoms with Gasteiger partial charge in [0.2, 0.25) is 0 Å². The number of aryl methyl sites for hydroxylation is 1. The van der Waals surface area contributed by atoms with Gasteiger partial charge in [0.05, 0.1) is 6.20 Å². The van der Waals surface area contributed by atoms with Crippen LogP contribution < -0.4 is 5.32 Å². The molecule has 0 unspecified atom stereocenters. The van der Waals surface area contributed by atoms with Crippen molar-refractivity contribution in [3.05, 3.63) is 47.9 Å². The minimum Gasteiger partial charge on any atom is -0.312 e. The Kier molecular flexibility index (Phi) is 5.56. The molecule has 0 aliphatic heterocycles. The quantitative estimate of drug-likeness (QED) is 0.879. The number of benzene rings is 1. The van der Waals surface area contributed by atoms with E-state index in [2.05, 4.69) is 54.3 Å². The summed E-state index contributed by atoms with van der Waals surface area (Å²) in [6, 6.07) is 6.55. The van der Waals surface area contributed by atoms with E-state index in [9.17, 15) is 0 Å². The fraction of sp³-hybridized carbons (Fsp3) is 0.375. The molecule has 0 amide bonds. The van der Waals surface area contributed by atoms with E-state index >= 15 is 0 Å². The minimum absolute atomic E-state index is 0.663. The highest BCUT2D eigenvalue weighted by atomic mass is 32.2. The van der Waals surface area contributed by atoms with Crippen molar-refractivity contribution in [2.75, 3.05) is 6.54 Å². The Morgan fingerprint density at radius 2 is 2.10 bits per heavy atom. The van der Waals surface area contributed by atoms with Crippen molar-refractivity contribution < 1.29 is 0 Å². The molecule has 0 saturated carbocycles. The molecule has 0 radical (unpaired) electrons. The summed E-state index contributed by atoms with van der Waals surface area (Å²) in [5.74, 6) is 0.663. The SMILES string of the molecule is Cc1ccc(Sc2cnccn2)c(CNCC(C)C)c1. The van der Waals surface area contributed by atoms with Crippen LogP contribution in [0.4, 0.5) is 0 Å². The minimum atomic E-state index is 0.663. The van der Waals surface area contributed by atoms with Crippen LogP contribution in [0.2, 0.25) is 0 Å². The summed E-state index contributed by atoms with van der Waals surface area (Å²) < 4.78 is 0. The first-order chi connectivity index (χ1) is 9.65. The topological polar surface area (TPSA) is 37.8 Å². The Hall–Kier alpha value is -1.39. The summed E-state index contributed by atoms with van der Waals surface area (Å²) in [4.78, 5) is 9.68. The number of rotatable bonds is 6. The van der Waals surface area contributed by atoms with E-state index in [1.807, 2.05) is 0 Å². The van der Waals surface area contributed by atoms with Crippen LogP contribution in [0.3, 0.4) is 0 Å². The van der Waals surface area contributed by atoms with Gasteiger partial charge >= 0.3 is 0 Å². The van der Waals surface area contributed by atoms with Gasteiger partial charge in [0.1, 0.15) is 5.03 Å². The molecule has 0 saturated heterocycles. The van der Waals surface area contributed by atoms with Crippen LogP contribution >= 0.6 is 11.8 Å². The third-order valence-corrected chi connectivity index (χ3v) is 3.88. The molecular formula is C16H21N3S. The van der Waals surface area contributed by atoms with Crippen molar-refractivity contribution in [1.82, 2.24) is 15.3 Å². The molecule has 2 aromatic rings. The average molecular weight is 287 g/mol. The molecule has 20 heavy (non-hydrogen) atoms. The summed E-state index contributed by atoms with van der Waals surface area (Å²) in [6.07, 6.45) is 5.23. The maximum atomic E-state index is 4.33. The van der Waals surface area contributed by atoms with E-state index in [4.69, 9.17) is 0 Å². The van der Waals surface area contributed by atoms with Gasteiger partial charge in [0, 0.05) is 23.8 Å². The van der Waals surface area contributed by atoms with Crippen molar-refractivity contribution in [2.45, 2.75) is 37.2 Å². The smallest absolute Gasteiger partial charge is 0.119 e. The lowest BCUT2D eigenvalue weighted by atomic mass is 10.1. The van der Waals surface area contributed by atoms with Gasteiger partial charge in [-0.3, -0.25) is 4.98 Å². The average Bonchev–Trinajstić information content (AvgIpc) is 2.42. The predicted octanol–water partition coefficient (Wildman–Crippen LogP) is 3.68. The fourth-order valence-electron chi connectivity index (χ4n) is 1.89. The lowest BCUT2D eigenvalue weighted by molar-refractivity contribution is 0.550. The van der Waals surface area contributed by atoms with Gasteiger partial charge in [-0.1, -0.05) is 43.3 Å². The molecule has 1 N–H and O–H groups in total. The standard InChI is InChI=1S/C16H21N3S/c1-12(2)9-18-10-14-8-13(3)4-5-15(14)20-16-11-17-6-7-19-16/h4-8,11-12,18H,9-10H2,1-3H3. The number of nitrogens with zero attached hydrogens (tertiary/aromatic N) is 2. The first kappa shape index (κ1) is 15.0. The van der Waals surface area contributed by atoms with Crippen LogP contribution in [0.25, 0.3) is 0 Å². The Morgan fingerprint density at radius 1 is 1.25 bits per heavy atom. The molecule has 0 aliphatic rings. The molecule has 0 fully saturated rings. The molecule has 3 nitrogen and oxygen atoms in total. The van der Waals surface area contributed by atoms with Crippen LogP contribution in [0, 0.1) is 12.8 Å². The van der Waals surface area contributed by atoms with Crippen molar-refractivity contribution in [2.24, 2.45) is 5.92 Å².